The van der Waals surface area contributed by atoms with Gasteiger partial charge in [-0.15, -0.1) is 0 Å². The van der Waals surface area contributed by atoms with Crippen molar-refractivity contribution in [2.45, 2.75) is 19.5 Å². The fourth-order valence-electron chi connectivity index (χ4n) is 2.68. The largest absolute Gasteiger partial charge is 0.467 e. The molecule has 5 heteroatoms. The molecule has 2 N–H and O–H groups in total. The number of hydrogen-bond acceptors (Lipinski definition) is 4. The lowest BCUT2D eigenvalue weighted by Crippen LogP contribution is -2.40. The van der Waals surface area contributed by atoms with Crippen LogP contribution >= 0.6 is 11.8 Å². The van der Waals surface area contributed by atoms with Crippen LogP contribution in [0.5, 0.6) is 0 Å². The average molecular weight is 316 g/mol. The molecule has 1 aromatic carbocycles. The molecule has 1 amide bonds. The summed E-state index contributed by atoms with van der Waals surface area (Å²) >= 11 is 1.89. The number of nitrogens with zero attached hydrogens (tertiary/aromatic N) is 1. The van der Waals surface area contributed by atoms with Crippen molar-refractivity contribution in [1.29, 1.82) is 0 Å². The maximum Gasteiger partial charge on any atom is 0.257 e. The van der Waals surface area contributed by atoms with Crippen molar-refractivity contribution in [1.82, 2.24) is 4.90 Å². The molecule has 1 aromatic heterocycles. The van der Waals surface area contributed by atoms with Gasteiger partial charge in [0, 0.05) is 18.1 Å². The van der Waals surface area contributed by atoms with Crippen molar-refractivity contribution >= 4 is 17.7 Å². The van der Waals surface area contributed by atoms with Gasteiger partial charge in [0.25, 0.3) is 5.91 Å². The Kier molecular flexibility index (Phi) is 4.55. The molecule has 4 nitrogen and oxygen atoms in total. The number of hydrogen-bond donors (Lipinski definition) is 1. The minimum atomic E-state index is 0.0225. The molecule has 2 heterocycles. The molecule has 116 valence electrons. The first-order valence-electron chi connectivity index (χ1n) is 7.42. The van der Waals surface area contributed by atoms with Crippen LogP contribution in [0.15, 0.2) is 41.0 Å². The second kappa shape index (κ2) is 6.58. The van der Waals surface area contributed by atoms with Gasteiger partial charge in [0.05, 0.1) is 18.2 Å². The first kappa shape index (κ1) is 15.2. The number of amides is 1. The lowest BCUT2D eigenvalue weighted by molar-refractivity contribution is 0.0700. The zero-order valence-electron chi connectivity index (χ0n) is 12.6. The normalized spacial score (nSPS) is 18.5. The summed E-state index contributed by atoms with van der Waals surface area (Å²) < 4.78 is 5.30. The summed E-state index contributed by atoms with van der Waals surface area (Å²) in [6.45, 7) is 3.14. The van der Waals surface area contributed by atoms with Gasteiger partial charge in [-0.05, 0) is 18.6 Å². The number of carbonyl (C=O) groups is 1. The van der Waals surface area contributed by atoms with Crippen molar-refractivity contribution in [3.8, 4) is 0 Å². The summed E-state index contributed by atoms with van der Waals surface area (Å²) in [6, 6.07) is 10.3. The van der Waals surface area contributed by atoms with E-state index in [1.165, 1.54) is 17.4 Å². The quantitative estimate of drug-likeness (QED) is 0.946. The first-order chi connectivity index (χ1) is 10.7. The Labute approximate surface area is 134 Å². The Balaban J connectivity index is 1.85. The SMILES string of the molecule is Cc1ccc(C2CSCCN2C(=O)c2coc(CN)c2)cc1. The highest BCUT2D eigenvalue weighted by molar-refractivity contribution is 7.99. The van der Waals surface area contributed by atoms with Gasteiger partial charge in [0.15, 0.2) is 0 Å². The molecule has 1 unspecified atom stereocenters. The predicted octanol–water partition coefficient (Wildman–Crippen LogP) is 2.98. The molecular weight excluding hydrogens is 296 g/mol. The summed E-state index contributed by atoms with van der Waals surface area (Å²) in [7, 11) is 0. The van der Waals surface area contributed by atoms with Crippen LogP contribution in [0.4, 0.5) is 0 Å². The fraction of sp³-hybridized carbons (Fsp3) is 0.353. The molecule has 0 aliphatic carbocycles. The van der Waals surface area contributed by atoms with Crippen molar-refractivity contribution in [2.24, 2.45) is 5.73 Å². The van der Waals surface area contributed by atoms with Gasteiger partial charge < -0.3 is 15.1 Å². The van der Waals surface area contributed by atoms with Crippen LogP contribution in [-0.4, -0.2) is 28.9 Å². The van der Waals surface area contributed by atoms with E-state index in [1.54, 1.807) is 6.07 Å². The van der Waals surface area contributed by atoms with E-state index < -0.39 is 0 Å². The molecule has 3 rings (SSSR count). The number of benzene rings is 1. The monoisotopic (exact) mass is 316 g/mol. The Morgan fingerprint density at radius 1 is 1.41 bits per heavy atom. The van der Waals surface area contributed by atoms with E-state index in [0.29, 0.717) is 17.9 Å². The topological polar surface area (TPSA) is 59.5 Å². The predicted molar refractivity (Wildman–Crippen MR) is 88.9 cm³/mol. The van der Waals surface area contributed by atoms with Crippen molar-refractivity contribution in [3.05, 3.63) is 59.0 Å². The summed E-state index contributed by atoms with van der Waals surface area (Å²) in [5, 5.41) is 0. The van der Waals surface area contributed by atoms with Crippen LogP contribution in [-0.2, 0) is 6.54 Å². The average Bonchev–Trinajstić information content (AvgIpc) is 3.04. The third-order valence-corrected chi connectivity index (χ3v) is 4.98. The zero-order chi connectivity index (χ0) is 15.5. The van der Waals surface area contributed by atoms with Gasteiger partial charge in [-0.3, -0.25) is 4.79 Å². The van der Waals surface area contributed by atoms with Crippen LogP contribution in [0.1, 0.15) is 33.3 Å². The smallest absolute Gasteiger partial charge is 0.257 e. The lowest BCUT2D eigenvalue weighted by atomic mass is 10.0. The standard InChI is InChI=1S/C17H20N2O2S/c1-12-2-4-13(5-3-12)16-11-22-7-6-19(16)17(20)14-8-15(9-18)21-10-14/h2-5,8,10,16H,6-7,9,11,18H2,1H3. The molecule has 1 aliphatic rings. The number of carbonyl (C=O) groups excluding carboxylic acids is 1. The van der Waals surface area contributed by atoms with E-state index in [9.17, 15) is 4.79 Å². The summed E-state index contributed by atoms with van der Waals surface area (Å²) in [5.41, 5.74) is 8.56. The Morgan fingerprint density at radius 3 is 2.86 bits per heavy atom. The maximum absolute atomic E-state index is 12.8. The molecule has 1 atom stereocenters. The first-order valence-corrected chi connectivity index (χ1v) is 8.57. The molecule has 2 aromatic rings. The highest BCUT2D eigenvalue weighted by Crippen LogP contribution is 2.31. The van der Waals surface area contributed by atoms with E-state index >= 15 is 0 Å². The number of nitrogens with two attached hydrogens (primary N) is 1. The van der Waals surface area contributed by atoms with Crippen LogP contribution in [0.2, 0.25) is 0 Å². The zero-order valence-corrected chi connectivity index (χ0v) is 13.4. The summed E-state index contributed by atoms with van der Waals surface area (Å²) in [6.07, 6.45) is 1.51. The molecule has 0 saturated carbocycles. The van der Waals surface area contributed by atoms with Crippen molar-refractivity contribution < 1.29 is 9.21 Å². The number of aryl methyl sites for hydroxylation is 1. The van der Waals surface area contributed by atoms with E-state index in [2.05, 4.69) is 31.2 Å². The third-order valence-electron chi connectivity index (χ3n) is 3.95. The van der Waals surface area contributed by atoms with Crippen LogP contribution in [0.3, 0.4) is 0 Å². The van der Waals surface area contributed by atoms with Gasteiger partial charge in [-0.1, -0.05) is 29.8 Å². The van der Waals surface area contributed by atoms with Crippen LogP contribution in [0, 0.1) is 6.92 Å². The Morgan fingerprint density at radius 2 is 2.18 bits per heavy atom. The minimum Gasteiger partial charge on any atom is -0.467 e. The number of furan rings is 1. The minimum absolute atomic E-state index is 0.0225. The number of thioether (sulfide) groups is 1. The van der Waals surface area contributed by atoms with E-state index in [-0.39, 0.29) is 11.9 Å². The molecule has 0 spiro atoms. The van der Waals surface area contributed by atoms with E-state index in [0.717, 1.165) is 18.1 Å². The number of rotatable bonds is 3. The lowest BCUT2D eigenvalue weighted by Gasteiger charge is -2.35. The van der Waals surface area contributed by atoms with Gasteiger partial charge in [-0.25, -0.2) is 0 Å². The van der Waals surface area contributed by atoms with Gasteiger partial charge in [0.2, 0.25) is 0 Å². The molecule has 1 fully saturated rings. The van der Waals surface area contributed by atoms with Gasteiger partial charge in [0.1, 0.15) is 12.0 Å². The summed E-state index contributed by atoms with van der Waals surface area (Å²) in [4.78, 5) is 14.7. The fourth-order valence-corrected chi connectivity index (χ4v) is 3.77. The van der Waals surface area contributed by atoms with Crippen molar-refractivity contribution in [2.75, 3.05) is 18.1 Å². The van der Waals surface area contributed by atoms with Gasteiger partial charge >= 0.3 is 0 Å². The van der Waals surface area contributed by atoms with E-state index in [4.69, 9.17) is 10.2 Å². The maximum atomic E-state index is 12.8. The molecule has 0 radical (unpaired) electrons. The molecule has 0 bridgehead atoms. The van der Waals surface area contributed by atoms with E-state index in [1.807, 2.05) is 16.7 Å². The highest BCUT2D eigenvalue weighted by Gasteiger charge is 2.29. The Hall–Kier alpha value is -1.72. The second-order valence-electron chi connectivity index (χ2n) is 5.51. The molecule has 22 heavy (non-hydrogen) atoms. The van der Waals surface area contributed by atoms with Crippen molar-refractivity contribution in [3.63, 3.8) is 0 Å². The Bertz CT molecular complexity index is 651. The molecule has 1 aliphatic heterocycles. The second-order valence-corrected chi connectivity index (χ2v) is 6.66. The molecule has 1 saturated heterocycles. The van der Waals surface area contributed by atoms with Crippen LogP contribution < -0.4 is 5.73 Å². The van der Waals surface area contributed by atoms with Crippen LogP contribution in [0.25, 0.3) is 0 Å². The summed E-state index contributed by atoms with van der Waals surface area (Å²) in [5.74, 6) is 2.56. The highest BCUT2D eigenvalue weighted by atomic mass is 32.2. The molecular formula is C17H20N2O2S. The van der Waals surface area contributed by atoms with Gasteiger partial charge in [-0.2, -0.15) is 11.8 Å². The third kappa shape index (κ3) is 3.05.